The number of rotatable bonds is 0. The number of nitrogens with zero attached hydrogens (tertiary/aromatic N) is 1. The monoisotopic (exact) mass is 149 g/mol. The van der Waals surface area contributed by atoms with E-state index in [0.29, 0.717) is 0 Å². The molecule has 0 aromatic carbocycles. The zero-order valence-corrected chi connectivity index (χ0v) is 6.52. The fourth-order valence-corrected chi connectivity index (χ4v) is 0.264. The third kappa shape index (κ3) is 1.46. The molecule has 0 N–H and O–H groups in total. The van der Waals surface area contributed by atoms with Crippen LogP contribution < -0.4 is 0 Å². The maximum atomic E-state index is 4.51. The molecule has 1 unspecified atom stereocenters. The molecule has 0 aromatic rings. The van der Waals surface area contributed by atoms with Crippen molar-refractivity contribution >= 4 is 24.2 Å². The minimum atomic E-state index is 0. The van der Waals surface area contributed by atoms with Gasteiger partial charge in [0.05, 0.1) is 0 Å². The molecule has 2 nitrogen and oxygen atoms in total. The molecule has 1 aliphatic rings. The van der Waals surface area contributed by atoms with Crippen molar-refractivity contribution < 1.29 is 4.84 Å². The molecule has 0 aliphatic carbocycles. The summed E-state index contributed by atoms with van der Waals surface area (Å²) in [6.07, 6.45) is 2.75. The third-order valence-electron chi connectivity index (χ3n) is 0.487. The second-order valence-electron chi connectivity index (χ2n) is 0.910. The van der Waals surface area contributed by atoms with Crippen molar-refractivity contribution in [1.29, 1.82) is 0 Å². The van der Waals surface area contributed by atoms with Gasteiger partial charge < -0.3 is 4.84 Å². The van der Waals surface area contributed by atoms with E-state index < -0.39 is 0 Å². The Balaban J connectivity index is 0.000000250. The molecule has 0 radical (unpaired) electrons. The Labute approximate surface area is 47.9 Å². The maximum absolute atomic E-state index is 4.51. The van der Waals surface area contributed by atoms with Crippen LogP contribution in [0.1, 0.15) is 6.42 Å². The van der Waals surface area contributed by atoms with Gasteiger partial charge in [0.1, 0.15) is 6.61 Å². The van der Waals surface area contributed by atoms with Crippen LogP contribution in [0.15, 0.2) is 5.16 Å². The van der Waals surface area contributed by atoms with Crippen LogP contribution in [-0.4, -0.2) is 30.8 Å². The average Bonchev–Trinajstić information content (AvgIpc) is 1.76. The van der Waals surface area contributed by atoms with Crippen molar-refractivity contribution in [2.75, 3.05) is 6.61 Å². The van der Waals surface area contributed by atoms with Crippen LogP contribution in [0.3, 0.4) is 0 Å². The van der Waals surface area contributed by atoms with E-state index in [2.05, 4.69) is 9.99 Å². The molecule has 1 atom stereocenters. The topological polar surface area (TPSA) is 21.6 Å². The quantitative estimate of drug-likeness (QED) is 0.413. The first-order chi connectivity index (χ1) is 2.50. The number of hydrogen-bond acceptors (Lipinski definition) is 2. The fraction of sp³-hybridized carbons (Fsp3) is 0.667. The third-order valence-corrected chi connectivity index (χ3v) is 0.487. The van der Waals surface area contributed by atoms with Crippen LogP contribution in [0.4, 0.5) is 0 Å². The molecule has 0 bridgehead atoms. The van der Waals surface area contributed by atoms with Gasteiger partial charge in [-0.1, -0.05) is 5.16 Å². The predicted octanol–water partition coefficient (Wildman–Crippen LogP) is -0.791. The Morgan fingerprint density at radius 1 is 1.67 bits per heavy atom. The van der Waals surface area contributed by atoms with Gasteiger partial charge in [-0.05, 0) is 0 Å². The molecule has 0 saturated carbocycles. The first kappa shape index (κ1) is 6.03. The summed E-state index contributed by atoms with van der Waals surface area (Å²) in [5.74, 6) is 0. The zero-order valence-electron chi connectivity index (χ0n) is 3.55. The molecule has 0 spiro atoms. The van der Waals surface area contributed by atoms with Gasteiger partial charge in [0.2, 0.25) is 0 Å². The predicted molar refractivity (Wildman–Crippen MR) is 29.0 cm³/mol. The molecule has 6 heavy (non-hydrogen) atoms. The molecule has 0 amide bonds. The summed E-state index contributed by atoms with van der Waals surface area (Å²) in [6.45, 7) is 0.778. The van der Waals surface area contributed by atoms with Crippen LogP contribution in [0, 0.1) is 0 Å². The summed E-state index contributed by atoms with van der Waals surface area (Å²) in [5, 5.41) is 3.46. The standard InChI is InChI=1S/C3H5NO.AsH3/c1-2-4-5-3-1;/h2H,1,3H2;1H3. The summed E-state index contributed by atoms with van der Waals surface area (Å²) in [7, 11) is 0. The van der Waals surface area contributed by atoms with Gasteiger partial charge in [-0.3, -0.25) is 0 Å². The molecule has 36 valence electrons. The second kappa shape index (κ2) is 3.23. The van der Waals surface area contributed by atoms with Crippen molar-refractivity contribution in [1.82, 2.24) is 0 Å². The van der Waals surface area contributed by atoms with Crippen molar-refractivity contribution in [3.63, 3.8) is 0 Å². The van der Waals surface area contributed by atoms with Gasteiger partial charge in [-0.2, -0.15) is 0 Å². The summed E-state index contributed by atoms with van der Waals surface area (Å²) in [4.78, 5) is 4.51. The van der Waals surface area contributed by atoms with E-state index in [1.807, 2.05) is 0 Å². The van der Waals surface area contributed by atoms with E-state index in [1.165, 1.54) is 0 Å². The van der Waals surface area contributed by atoms with Crippen LogP contribution in [0.2, 0.25) is 0 Å². The van der Waals surface area contributed by atoms with Crippen LogP contribution >= 0.6 is 0 Å². The summed E-state index contributed by atoms with van der Waals surface area (Å²) in [5.41, 5.74) is 0. The molecule has 0 fully saturated rings. The molecule has 1 heterocycles. The summed E-state index contributed by atoms with van der Waals surface area (Å²) in [6, 6.07) is 0. The Hall–Kier alpha value is 0.0284. The van der Waals surface area contributed by atoms with Crippen molar-refractivity contribution in [2.45, 2.75) is 6.42 Å². The summed E-state index contributed by atoms with van der Waals surface area (Å²) >= 11 is 0. The van der Waals surface area contributed by atoms with E-state index in [1.54, 1.807) is 6.21 Å². The van der Waals surface area contributed by atoms with Gasteiger partial charge >= 0.3 is 18.0 Å². The van der Waals surface area contributed by atoms with Gasteiger partial charge in [-0.25, -0.2) is 0 Å². The van der Waals surface area contributed by atoms with E-state index in [9.17, 15) is 0 Å². The molecular weight excluding hydrogens is 141 g/mol. The van der Waals surface area contributed by atoms with E-state index in [0.717, 1.165) is 13.0 Å². The van der Waals surface area contributed by atoms with Gasteiger partial charge in [-0.15, -0.1) is 0 Å². The number of hydrogen-bond donors (Lipinski definition) is 0. The normalized spacial score (nSPS) is 16.0. The molecular formula is C3H8AsNO. The van der Waals surface area contributed by atoms with Gasteiger partial charge in [0.15, 0.2) is 0 Å². The molecule has 0 aromatic heterocycles. The van der Waals surface area contributed by atoms with Crippen LogP contribution in [0.5, 0.6) is 0 Å². The molecule has 3 heteroatoms. The van der Waals surface area contributed by atoms with Gasteiger partial charge in [0, 0.05) is 12.6 Å². The van der Waals surface area contributed by atoms with Crippen LogP contribution in [-0.2, 0) is 4.84 Å². The van der Waals surface area contributed by atoms with E-state index in [-0.39, 0.29) is 18.0 Å². The Kier molecular flexibility index (Phi) is 3.24. The number of oxime groups is 1. The second-order valence-corrected chi connectivity index (χ2v) is 0.910. The van der Waals surface area contributed by atoms with Gasteiger partial charge in [0.25, 0.3) is 0 Å². The first-order valence-corrected chi connectivity index (χ1v) is 1.64. The van der Waals surface area contributed by atoms with Crippen molar-refractivity contribution in [3.05, 3.63) is 0 Å². The first-order valence-electron chi connectivity index (χ1n) is 1.64. The summed E-state index contributed by atoms with van der Waals surface area (Å²) < 4.78 is 0. The molecule has 1 rings (SSSR count). The fourth-order valence-electron chi connectivity index (χ4n) is 0.264. The van der Waals surface area contributed by atoms with Crippen molar-refractivity contribution in [2.24, 2.45) is 5.16 Å². The minimum absolute atomic E-state index is 0. The molecule has 1 aliphatic heterocycles. The zero-order chi connectivity index (χ0) is 3.54. The molecule has 0 saturated heterocycles. The van der Waals surface area contributed by atoms with Crippen LogP contribution in [0.25, 0.3) is 0 Å². The Morgan fingerprint density at radius 2 is 2.50 bits per heavy atom. The van der Waals surface area contributed by atoms with E-state index in [4.69, 9.17) is 0 Å². The van der Waals surface area contributed by atoms with E-state index >= 15 is 0 Å². The average molecular weight is 149 g/mol. The van der Waals surface area contributed by atoms with Crippen molar-refractivity contribution in [3.8, 4) is 0 Å². The Bertz CT molecular complexity index is 48.8. The Morgan fingerprint density at radius 3 is 2.67 bits per heavy atom. The SMILES string of the molecule is C1=NOCC1.[AsH3].